The van der Waals surface area contributed by atoms with E-state index in [9.17, 15) is 4.79 Å². The van der Waals surface area contributed by atoms with Gasteiger partial charge in [0.05, 0.1) is 20.5 Å². The summed E-state index contributed by atoms with van der Waals surface area (Å²) in [5, 5.41) is 3.15. The maximum Gasteiger partial charge on any atom is 0.293 e. The lowest BCUT2D eigenvalue weighted by atomic mass is 10.3. The second kappa shape index (κ2) is 5.45. The Kier molecular flexibility index (Phi) is 3.49. The maximum absolute atomic E-state index is 12.0. The number of carbonyl (C=O) groups excluding carboxylic acids is 1. The predicted octanol–water partition coefficient (Wildman–Crippen LogP) is 3.16. The lowest BCUT2D eigenvalue weighted by Crippen LogP contribution is -2.10. The van der Waals surface area contributed by atoms with E-state index in [1.165, 1.54) is 17.6 Å². The first-order valence-corrected chi connectivity index (χ1v) is 6.91. The highest BCUT2D eigenvalue weighted by atomic mass is 32.1. The van der Waals surface area contributed by atoms with Crippen LogP contribution in [-0.2, 0) is 0 Å². The Morgan fingerprint density at radius 1 is 1.24 bits per heavy atom. The third-order valence-electron chi connectivity index (χ3n) is 2.88. The normalized spacial score (nSPS) is 10.6. The second-order valence-electron chi connectivity index (χ2n) is 4.10. The van der Waals surface area contributed by atoms with Crippen molar-refractivity contribution in [2.24, 2.45) is 0 Å². The Morgan fingerprint density at radius 3 is 2.67 bits per heavy atom. The molecule has 0 aliphatic carbocycles. The summed E-state index contributed by atoms with van der Waals surface area (Å²) in [6.07, 6.45) is 1.44. The number of ether oxygens (including phenoxy) is 2. The highest BCUT2D eigenvalue weighted by molar-refractivity contribution is 7.22. The minimum absolute atomic E-state index is 0.230. The summed E-state index contributed by atoms with van der Waals surface area (Å²) in [4.78, 5) is 16.3. The fourth-order valence-corrected chi connectivity index (χ4v) is 2.87. The number of hydrogen-bond acceptors (Lipinski definition) is 6. The molecule has 1 N–H and O–H groups in total. The van der Waals surface area contributed by atoms with Crippen LogP contribution in [0.25, 0.3) is 10.2 Å². The number of methoxy groups -OCH3 is 2. The van der Waals surface area contributed by atoms with Gasteiger partial charge in [-0.3, -0.25) is 10.1 Å². The van der Waals surface area contributed by atoms with E-state index in [0.29, 0.717) is 22.1 Å². The van der Waals surface area contributed by atoms with Crippen LogP contribution in [0.1, 0.15) is 10.6 Å². The van der Waals surface area contributed by atoms with Crippen molar-refractivity contribution < 1.29 is 18.7 Å². The molecule has 7 heteroatoms. The van der Waals surface area contributed by atoms with Gasteiger partial charge in [-0.1, -0.05) is 11.3 Å². The van der Waals surface area contributed by atoms with Gasteiger partial charge in [-0.2, -0.15) is 0 Å². The molecule has 2 heterocycles. The van der Waals surface area contributed by atoms with E-state index in [4.69, 9.17) is 13.9 Å². The number of anilines is 1. The zero-order valence-electron chi connectivity index (χ0n) is 11.4. The highest BCUT2D eigenvalue weighted by Gasteiger charge is 2.16. The third-order valence-corrected chi connectivity index (χ3v) is 3.86. The molecule has 0 fully saturated rings. The Labute approximate surface area is 124 Å². The third kappa shape index (κ3) is 2.43. The van der Waals surface area contributed by atoms with Crippen LogP contribution in [0.2, 0.25) is 0 Å². The number of furan rings is 1. The first-order chi connectivity index (χ1) is 10.2. The summed E-state index contributed by atoms with van der Waals surface area (Å²) < 4.78 is 16.4. The Balaban J connectivity index is 1.98. The lowest BCUT2D eigenvalue weighted by Gasteiger charge is -2.03. The monoisotopic (exact) mass is 304 g/mol. The molecule has 0 aliphatic rings. The van der Waals surface area contributed by atoms with Crippen LogP contribution in [0.15, 0.2) is 34.9 Å². The molecule has 0 aliphatic heterocycles. The molecule has 3 aromatic rings. The minimum atomic E-state index is -0.350. The smallest absolute Gasteiger partial charge is 0.293 e. The quantitative estimate of drug-likeness (QED) is 0.801. The Hall–Kier alpha value is -2.54. The average molecular weight is 304 g/mol. The number of thiazole rings is 1. The molecule has 0 saturated heterocycles. The van der Waals surface area contributed by atoms with Crippen LogP contribution in [0.5, 0.6) is 11.5 Å². The van der Waals surface area contributed by atoms with Crippen molar-refractivity contribution in [3.8, 4) is 11.5 Å². The van der Waals surface area contributed by atoms with E-state index in [1.807, 2.05) is 0 Å². The predicted molar refractivity (Wildman–Crippen MR) is 79.4 cm³/mol. The fraction of sp³-hybridized carbons (Fsp3) is 0.143. The molecule has 0 radical (unpaired) electrons. The van der Waals surface area contributed by atoms with Crippen molar-refractivity contribution >= 4 is 32.6 Å². The number of aromatic nitrogens is 1. The van der Waals surface area contributed by atoms with Gasteiger partial charge in [0.15, 0.2) is 10.9 Å². The van der Waals surface area contributed by atoms with Crippen LogP contribution in [0, 0.1) is 0 Å². The van der Waals surface area contributed by atoms with E-state index in [2.05, 4.69) is 10.3 Å². The molecule has 0 saturated carbocycles. The van der Waals surface area contributed by atoms with Crippen LogP contribution < -0.4 is 14.8 Å². The number of hydrogen-bond donors (Lipinski definition) is 1. The zero-order valence-corrected chi connectivity index (χ0v) is 12.2. The van der Waals surface area contributed by atoms with Gasteiger partial charge in [0.25, 0.3) is 5.91 Å². The number of fused-ring (bicyclic) bond motifs is 1. The van der Waals surface area contributed by atoms with Crippen LogP contribution in [0.3, 0.4) is 0 Å². The van der Waals surface area contributed by atoms with Gasteiger partial charge in [0.1, 0.15) is 21.7 Å². The molecule has 0 bridgehead atoms. The van der Waals surface area contributed by atoms with Gasteiger partial charge in [0.2, 0.25) is 0 Å². The summed E-state index contributed by atoms with van der Waals surface area (Å²) in [6, 6.07) is 6.82. The number of nitrogens with one attached hydrogen (secondary N) is 1. The Bertz CT molecular complexity index is 739. The summed E-state index contributed by atoms with van der Waals surface area (Å²) >= 11 is 1.31. The molecule has 0 spiro atoms. The molecule has 1 aromatic carbocycles. The number of carbonyl (C=O) groups is 1. The van der Waals surface area contributed by atoms with Crippen molar-refractivity contribution in [2.45, 2.75) is 0 Å². The molecule has 0 atom stereocenters. The zero-order chi connectivity index (χ0) is 14.8. The highest BCUT2D eigenvalue weighted by Crippen LogP contribution is 2.38. The Morgan fingerprint density at radius 2 is 2.00 bits per heavy atom. The summed E-state index contributed by atoms with van der Waals surface area (Å²) in [5.41, 5.74) is 0.650. The minimum Gasteiger partial charge on any atom is -0.495 e. The van der Waals surface area contributed by atoms with Gasteiger partial charge in [-0.15, -0.1) is 0 Å². The lowest BCUT2D eigenvalue weighted by molar-refractivity contribution is 0.0996. The van der Waals surface area contributed by atoms with Crippen LogP contribution in [0.4, 0.5) is 5.13 Å². The van der Waals surface area contributed by atoms with E-state index in [0.717, 1.165) is 4.70 Å². The SMILES string of the molecule is COc1ccc(OC)c2sc(NC(=O)c3ccco3)nc12. The van der Waals surface area contributed by atoms with Crippen molar-refractivity contribution in [3.63, 3.8) is 0 Å². The molecule has 6 nitrogen and oxygen atoms in total. The van der Waals surface area contributed by atoms with Gasteiger partial charge in [-0.25, -0.2) is 4.98 Å². The van der Waals surface area contributed by atoms with Crippen molar-refractivity contribution in [2.75, 3.05) is 19.5 Å². The standard InChI is InChI=1S/C14H12N2O4S/c1-18-8-5-6-9(19-2)12-11(8)15-14(21-12)16-13(17)10-4-3-7-20-10/h3-7H,1-2H3,(H,15,16,17). The number of rotatable bonds is 4. The van der Waals surface area contributed by atoms with Crippen molar-refractivity contribution in [3.05, 3.63) is 36.3 Å². The number of benzene rings is 1. The van der Waals surface area contributed by atoms with E-state index in [-0.39, 0.29) is 11.7 Å². The number of nitrogens with zero attached hydrogens (tertiary/aromatic N) is 1. The molecular formula is C14H12N2O4S. The maximum atomic E-state index is 12.0. The number of amides is 1. The molecule has 108 valence electrons. The van der Waals surface area contributed by atoms with Gasteiger partial charge in [0, 0.05) is 0 Å². The topological polar surface area (TPSA) is 73.6 Å². The van der Waals surface area contributed by atoms with Crippen LogP contribution in [-0.4, -0.2) is 25.1 Å². The van der Waals surface area contributed by atoms with Crippen molar-refractivity contribution in [1.82, 2.24) is 4.98 Å². The van der Waals surface area contributed by atoms with E-state index < -0.39 is 0 Å². The van der Waals surface area contributed by atoms with Gasteiger partial charge in [-0.05, 0) is 24.3 Å². The molecule has 0 unspecified atom stereocenters. The van der Waals surface area contributed by atoms with E-state index >= 15 is 0 Å². The fourth-order valence-electron chi connectivity index (χ4n) is 1.91. The summed E-state index contributed by atoms with van der Waals surface area (Å²) in [5.74, 6) is 1.19. The first kappa shape index (κ1) is 13.4. The molecule has 1 amide bonds. The van der Waals surface area contributed by atoms with E-state index in [1.54, 1.807) is 38.5 Å². The molecule has 3 rings (SSSR count). The summed E-state index contributed by atoms with van der Waals surface area (Å²) in [6.45, 7) is 0. The summed E-state index contributed by atoms with van der Waals surface area (Å²) in [7, 11) is 3.16. The second-order valence-corrected chi connectivity index (χ2v) is 5.10. The molecule has 2 aromatic heterocycles. The van der Waals surface area contributed by atoms with Crippen molar-refractivity contribution in [1.29, 1.82) is 0 Å². The van der Waals surface area contributed by atoms with Gasteiger partial charge < -0.3 is 13.9 Å². The average Bonchev–Trinajstić information content (AvgIpc) is 3.15. The van der Waals surface area contributed by atoms with Crippen LogP contribution >= 0.6 is 11.3 Å². The molecular weight excluding hydrogens is 292 g/mol. The largest absolute Gasteiger partial charge is 0.495 e. The van der Waals surface area contributed by atoms with Gasteiger partial charge >= 0.3 is 0 Å². The molecule has 21 heavy (non-hydrogen) atoms. The first-order valence-electron chi connectivity index (χ1n) is 6.09.